The Bertz CT molecular complexity index is 896. The topological polar surface area (TPSA) is 74.4 Å². The van der Waals surface area contributed by atoms with Crippen molar-refractivity contribution in [2.24, 2.45) is 0 Å². The van der Waals surface area contributed by atoms with E-state index >= 15 is 0 Å². The number of pyridine rings is 1. The first-order valence-corrected chi connectivity index (χ1v) is 9.48. The third-order valence-corrected chi connectivity index (χ3v) is 5.49. The molecule has 1 amide bonds. The van der Waals surface area contributed by atoms with Gasteiger partial charge in [0.1, 0.15) is 0 Å². The molecule has 0 aliphatic carbocycles. The summed E-state index contributed by atoms with van der Waals surface area (Å²) in [6.45, 7) is 3.99. The van der Waals surface area contributed by atoms with Gasteiger partial charge in [-0.2, -0.15) is 0 Å². The van der Waals surface area contributed by atoms with E-state index in [-0.39, 0.29) is 23.6 Å². The minimum Gasteiger partial charge on any atom is -0.371 e. The number of amides is 1. The summed E-state index contributed by atoms with van der Waals surface area (Å²) in [4.78, 5) is 29.1. The van der Waals surface area contributed by atoms with Crippen molar-refractivity contribution in [3.8, 4) is 0 Å². The largest absolute Gasteiger partial charge is 0.371 e. The standard InChI is InChI=1S/C20H22ClN3O3/c1-12-6-14(7-19(25)22-12)20(26)23-16-8-17-11-27-18(10-24(17)9-16)13-2-4-15(21)5-3-13/h2-7,16-18H,8-11H2,1H3,(H,22,25)(H,23,26)/t16-,17+,18-/m1/s1. The number of halogens is 1. The first-order chi connectivity index (χ1) is 13.0. The Kier molecular flexibility index (Phi) is 5.04. The minimum atomic E-state index is -0.261. The Labute approximate surface area is 162 Å². The number of rotatable bonds is 3. The van der Waals surface area contributed by atoms with Gasteiger partial charge in [0.25, 0.3) is 5.91 Å². The van der Waals surface area contributed by atoms with E-state index in [1.54, 1.807) is 13.0 Å². The fourth-order valence-electron chi connectivity index (χ4n) is 3.94. The SMILES string of the molecule is Cc1cc(C(=O)N[C@@H]2C[C@H]3CO[C@@H](c4ccc(Cl)cc4)CN3C2)cc(=O)[nH]1. The van der Waals surface area contributed by atoms with Crippen LogP contribution in [0.4, 0.5) is 0 Å². The lowest BCUT2D eigenvalue weighted by Gasteiger charge is -2.35. The smallest absolute Gasteiger partial charge is 0.251 e. The summed E-state index contributed by atoms with van der Waals surface area (Å²) in [5, 5.41) is 3.78. The number of aromatic amines is 1. The molecule has 3 heterocycles. The molecule has 0 spiro atoms. The molecular formula is C20H22ClN3O3. The van der Waals surface area contributed by atoms with E-state index in [2.05, 4.69) is 15.2 Å². The molecule has 27 heavy (non-hydrogen) atoms. The number of benzene rings is 1. The maximum Gasteiger partial charge on any atom is 0.251 e. The van der Waals surface area contributed by atoms with Gasteiger partial charge in [-0.25, -0.2) is 0 Å². The Morgan fingerprint density at radius 3 is 2.78 bits per heavy atom. The van der Waals surface area contributed by atoms with Gasteiger partial charge >= 0.3 is 0 Å². The molecule has 2 aromatic rings. The van der Waals surface area contributed by atoms with Crippen molar-refractivity contribution in [1.82, 2.24) is 15.2 Å². The number of aryl methyl sites for hydroxylation is 1. The number of ether oxygens (including phenoxy) is 1. The average molecular weight is 388 g/mol. The van der Waals surface area contributed by atoms with Gasteiger partial charge in [0.15, 0.2) is 0 Å². The number of hydrogen-bond acceptors (Lipinski definition) is 4. The van der Waals surface area contributed by atoms with E-state index in [1.807, 2.05) is 24.3 Å². The van der Waals surface area contributed by atoms with Crippen LogP contribution >= 0.6 is 11.6 Å². The summed E-state index contributed by atoms with van der Waals surface area (Å²) in [6.07, 6.45) is 0.865. The predicted molar refractivity (Wildman–Crippen MR) is 103 cm³/mol. The van der Waals surface area contributed by atoms with Crippen LogP contribution in [0.15, 0.2) is 41.2 Å². The van der Waals surface area contributed by atoms with E-state index in [1.165, 1.54) is 6.07 Å². The first-order valence-electron chi connectivity index (χ1n) is 9.11. The molecule has 0 saturated carbocycles. The summed E-state index contributed by atoms with van der Waals surface area (Å²) >= 11 is 5.96. The zero-order valence-corrected chi connectivity index (χ0v) is 15.8. The maximum atomic E-state index is 12.5. The van der Waals surface area contributed by atoms with Crippen LogP contribution in [0.1, 0.15) is 34.1 Å². The van der Waals surface area contributed by atoms with Gasteiger partial charge in [0.2, 0.25) is 5.56 Å². The molecule has 0 radical (unpaired) electrons. The highest BCUT2D eigenvalue weighted by atomic mass is 35.5. The van der Waals surface area contributed by atoms with Gasteiger partial charge in [0.05, 0.1) is 12.7 Å². The van der Waals surface area contributed by atoms with E-state index in [0.717, 1.165) is 25.1 Å². The van der Waals surface area contributed by atoms with E-state index in [9.17, 15) is 9.59 Å². The zero-order chi connectivity index (χ0) is 19.0. The lowest BCUT2D eigenvalue weighted by atomic mass is 10.1. The van der Waals surface area contributed by atoms with Crippen molar-refractivity contribution in [2.45, 2.75) is 31.5 Å². The summed E-state index contributed by atoms with van der Waals surface area (Å²) < 4.78 is 6.04. The molecule has 142 valence electrons. The van der Waals surface area contributed by atoms with E-state index in [0.29, 0.717) is 28.9 Å². The quantitative estimate of drug-likeness (QED) is 0.847. The number of aromatic nitrogens is 1. The highest BCUT2D eigenvalue weighted by Gasteiger charge is 2.38. The van der Waals surface area contributed by atoms with E-state index < -0.39 is 0 Å². The van der Waals surface area contributed by atoms with Crippen LogP contribution in [-0.2, 0) is 4.74 Å². The second kappa shape index (κ2) is 7.46. The van der Waals surface area contributed by atoms with Gasteiger partial charge in [-0.3, -0.25) is 14.5 Å². The Hall–Kier alpha value is -2.15. The molecule has 2 N–H and O–H groups in total. The molecule has 6 nitrogen and oxygen atoms in total. The third-order valence-electron chi connectivity index (χ3n) is 5.24. The molecule has 7 heteroatoms. The van der Waals surface area contributed by atoms with Crippen LogP contribution < -0.4 is 10.9 Å². The molecule has 2 saturated heterocycles. The molecule has 2 aliphatic rings. The number of fused-ring (bicyclic) bond motifs is 1. The highest BCUT2D eigenvalue weighted by molar-refractivity contribution is 6.30. The summed E-state index contributed by atoms with van der Waals surface area (Å²) in [7, 11) is 0. The first kappa shape index (κ1) is 18.2. The number of morpholine rings is 1. The lowest BCUT2D eigenvalue weighted by Crippen LogP contribution is -2.43. The average Bonchev–Trinajstić information content (AvgIpc) is 3.02. The van der Waals surface area contributed by atoms with Gasteiger partial charge in [-0.1, -0.05) is 23.7 Å². The van der Waals surface area contributed by atoms with Gasteiger partial charge in [-0.15, -0.1) is 0 Å². The number of nitrogens with one attached hydrogen (secondary N) is 2. The molecule has 1 aromatic carbocycles. The number of carbonyl (C=O) groups is 1. The fraction of sp³-hybridized carbons (Fsp3) is 0.400. The van der Waals surface area contributed by atoms with Crippen molar-refractivity contribution in [1.29, 1.82) is 0 Å². The van der Waals surface area contributed by atoms with Crippen molar-refractivity contribution < 1.29 is 9.53 Å². The van der Waals surface area contributed by atoms with Crippen LogP contribution in [-0.4, -0.2) is 47.6 Å². The van der Waals surface area contributed by atoms with Crippen molar-refractivity contribution in [2.75, 3.05) is 19.7 Å². The van der Waals surface area contributed by atoms with Crippen LogP contribution in [0.2, 0.25) is 5.02 Å². The van der Waals surface area contributed by atoms with Crippen molar-refractivity contribution in [3.05, 3.63) is 68.6 Å². The molecule has 3 atom stereocenters. The number of nitrogens with zero attached hydrogens (tertiary/aromatic N) is 1. The molecule has 0 unspecified atom stereocenters. The van der Waals surface area contributed by atoms with Crippen LogP contribution in [0, 0.1) is 6.92 Å². The van der Waals surface area contributed by atoms with Crippen molar-refractivity contribution in [3.63, 3.8) is 0 Å². The number of hydrogen-bond donors (Lipinski definition) is 2. The Morgan fingerprint density at radius 2 is 2.04 bits per heavy atom. The maximum absolute atomic E-state index is 12.5. The van der Waals surface area contributed by atoms with Gasteiger partial charge in [-0.05, 0) is 37.1 Å². The second-order valence-electron chi connectivity index (χ2n) is 7.30. The number of H-pyrrole nitrogens is 1. The molecule has 1 aromatic heterocycles. The lowest BCUT2D eigenvalue weighted by molar-refractivity contribution is -0.0502. The molecule has 0 bridgehead atoms. The monoisotopic (exact) mass is 387 g/mol. The predicted octanol–water partition coefficient (Wildman–Crippen LogP) is 2.28. The van der Waals surface area contributed by atoms with Crippen LogP contribution in [0.25, 0.3) is 0 Å². The molecular weight excluding hydrogens is 366 g/mol. The molecule has 2 aliphatic heterocycles. The van der Waals surface area contributed by atoms with Gasteiger partial charge in [0, 0.05) is 47.5 Å². The summed E-state index contributed by atoms with van der Waals surface area (Å²) in [5.41, 5.74) is 1.93. The number of carbonyl (C=O) groups excluding carboxylic acids is 1. The summed E-state index contributed by atoms with van der Waals surface area (Å²) in [5.74, 6) is -0.204. The minimum absolute atomic E-state index is 0.0169. The summed E-state index contributed by atoms with van der Waals surface area (Å²) in [6, 6.07) is 11.1. The normalized spacial score (nSPS) is 25.2. The van der Waals surface area contributed by atoms with Crippen molar-refractivity contribution >= 4 is 17.5 Å². The molecule has 4 rings (SSSR count). The Balaban J connectivity index is 1.39. The third kappa shape index (κ3) is 4.08. The Morgan fingerprint density at radius 1 is 1.26 bits per heavy atom. The van der Waals surface area contributed by atoms with Gasteiger partial charge < -0.3 is 15.0 Å². The highest BCUT2D eigenvalue weighted by Crippen LogP contribution is 2.30. The van der Waals surface area contributed by atoms with Crippen LogP contribution in [0.3, 0.4) is 0 Å². The fourth-order valence-corrected chi connectivity index (χ4v) is 4.07. The second-order valence-corrected chi connectivity index (χ2v) is 7.74. The zero-order valence-electron chi connectivity index (χ0n) is 15.1. The molecule has 2 fully saturated rings. The van der Waals surface area contributed by atoms with E-state index in [4.69, 9.17) is 16.3 Å². The van der Waals surface area contributed by atoms with Crippen LogP contribution in [0.5, 0.6) is 0 Å².